The molecule has 0 radical (unpaired) electrons. The van der Waals surface area contributed by atoms with Gasteiger partial charge in [-0.1, -0.05) is 11.8 Å². The van der Waals surface area contributed by atoms with Gasteiger partial charge in [0.2, 0.25) is 0 Å². The number of rotatable bonds is 4. The van der Waals surface area contributed by atoms with Crippen LogP contribution in [0.5, 0.6) is 0 Å². The number of hydrogen-bond acceptors (Lipinski definition) is 4. The maximum atomic E-state index is 12.6. The number of amides is 1. The molecular weight excluding hydrogens is 272 g/mol. The third-order valence-electron chi connectivity index (χ3n) is 3.55. The molecule has 1 aromatic rings. The Morgan fingerprint density at radius 1 is 1.60 bits per heavy atom. The van der Waals surface area contributed by atoms with E-state index in [1.807, 2.05) is 13.0 Å². The standard InChI is InChI=1S/C15H20N2O2S/c1-11-10-14(20-13(11)6-3-7-16)15(19)17(8-9-18)12-4-2-5-12/h10,12,18H,2,4-5,7-9,16H2,1H3. The molecule has 1 aliphatic carbocycles. The predicted molar refractivity (Wildman–Crippen MR) is 80.7 cm³/mol. The Hall–Kier alpha value is -1.35. The first-order chi connectivity index (χ1) is 9.67. The van der Waals surface area contributed by atoms with Crippen molar-refractivity contribution in [3.63, 3.8) is 0 Å². The van der Waals surface area contributed by atoms with Crippen molar-refractivity contribution >= 4 is 17.2 Å². The minimum Gasteiger partial charge on any atom is -0.395 e. The van der Waals surface area contributed by atoms with E-state index in [4.69, 9.17) is 10.8 Å². The maximum absolute atomic E-state index is 12.6. The Kier molecular flexibility index (Phi) is 5.18. The largest absolute Gasteiger partial charge is 0.395 e. The van der Waals surface area contributed by atoms with Crippen molar-refractivity contribution in [3.05, 3.63) is 21.4 Å². The summed E-state index contributed by atoms with van der Waals surface area (Å²) in [5.74, 6) is 5.83. The van der Waals surface area contributed by atoms with Crippen molar-refractivity contribution in [3.8, 4) is 11.8 Å². The molecule has 4 nitrogen and oxygen atoms in total. The Morgan fingerprint density at radius 3 is 2.90 bits per heavy atom. The first-order valence-electron chi connectivity index (χ1n) is 6.88. The lowest BCUT2D eigenvalue weighted by Crippen LogP contribution is -2.45. The fraction of sp³-hybridized carbons (Fsp3) is 0.533. The van der Waals surface area contributed by atoms with Crippen LogP contribution in [0.3, 0.4) is 0 Å². The minimum atomic E-state index is 0.00638. The first kappa shape index (κ1) is 15.0. The molecule has 20 heavy (non-hydrogen) atoms. The van der Waals surface area contributed by atoms with Gasteiger partial charge >= 0.3 is 0 Å². The topological polar surface area (TPSA) is 66.6 Å². The molecular formula is C15H20N2O2S. The highest BCUT2D eigenvalue weighted by atomic mass is 32.1. The molecule has 0 atom stereocenters. The Balaban J connectivity index is 2.18. The fourth-order valence-electron chi connectivity index (χ4n) is 2.24. The molecule has 0 aliphatic heterocycles. The highest BCUT2D eigenvalue weighted by Crippen LogP contribution is 2.28. The van der Waals surface area contributed by atoms with Crippen LogP contribution < -0.4 is 5.73 Å². The molecule has 3 N–H and O–H groups in total. The van der Waals surface area contributed by atoms with Crippen molar-refractivity contribution in [2.24, 2.45) is 5.73 Å². The van der Waals surface area contributed by atoms with Gasteiger partial charge in [0.1, 0.15) is 0 Å². The van der Waals surface area contributed by atoms with Gasteiger partial charge in [0.25, 0.3) is 5.91 Å². The van der Waals surface area contributed by atoms with Gasteiger partial charge in [-0.25, -0.2) is 0 Å². The quantitative estimate of drug-likeness (QED) is 0.823. The van der Waals surface area contributed by atoms with E-state index in [-0.39, 0.29) is 18.6 Å². The van der Waals surface area contributed by atoms with E-state index < -0.39 is 0 Å². The van der Waals surface area contributed by atoms with Crippen LogP contribution in [0.25, 0.3) is 0 Å². The normalized spacial score (nSPS) is 14.3. The van der Waals surface area contributed by atoms with Crippen LogP contribution in [-0.4, -0.2) is 41.7 Å². The van der Waals surface area contributed by atoms with Gasteiger partial charge < -0.3 is 15.7 Å². The number of carbonyl (C=O) groups excluding carboxylic acids is 1. The van der Waals surface area contributed by atoms with Crippen molar-refractivity contribution in [2.45, 2.75) is 32.2 Å². The molecule has 1 aromatic heterocycles. The monoisotopic (exact) mass is 292 g/mol. The summed E-state index contributed by atoms with van der Waals surface area (Å²) in [5, 5.41) is 9.15. The van der Waals surface area contributed by atoms with Gasteiger partial charge in [-0.2, -0.15) is 0 Å². The lowest BCUT2D eigenvalue weighted by molar-refractivity contribution is 0.0530. The average Bonchev–Trinajstić information content (AvgIpc) is 2.74. The van der Waals surface area contributed by atoms with Crippen molar-refractivity contribution in [2.75, 3.05) is 19.7 Å². The van der Waals surface area contributed by atoms with Gasteiger partial charge in [0.05, 0.1) is 22.9 Å². The molecule has 108 valence electrons. The molecule has 2 rings (SSSR count). The van der Waals surface area contributed by atoms with E-state index in [0.29, 0.717) is 18.0 Å². The predicted octanol–water partition coefficient (Wildman–Crippen LogP) is 1.35. The van der Waals surface area contributed by atoms with Crippen LogP contribution in [0.15, 0.2) is 6.07 Å². The van der Waals surface area contributed by atoms with E-state index in [2.05, 4.69) is 11.8 Å². The van der Waals surface area contributed by atoms with Gasteiger partial charge in [-0.15, -0.1) is 11.3 Å². The molecule has 0 unspecified atom stereocenters. The lowest BCUT2D eigenvalue weighted by Gasteiger charge is -2.37. The van der Waals surface area contributed by atoms with Crippen LogP contribution in [0.2, 0.25) is 0 Å². The third-order valence-corrected chi connectivity index (χ3v) is 4.69. The summed E-state index contributed by atoms with van der Waals surface area (Å²) in [6.07, 6.45) is 3.24. The summed E-state index contributed by atoms with van der Waals surface area (Å²) in [5.41, 5.74) is 6.39. The summed E-state index contributed by atoms with van der Waals surface area (Å²) in [6, 6.07) is 2.17. The van der Waals surface area contributed by atoms with E-state index in [1.54, 1.807) is 4.90 Å². The Labute approximate surface area is 123 Å². The summed E-state index contributed by atoms with van der Waals surface area (Å²) in [6.45, 7) is 2.68. The molecule has 5 heteroatoms. The SMILES string of the molecule is Cc1cc(C(=O)N(CCO)C2CCC2)sc1C#CCN. The summed E-state index contributed by atoms with van der Waals surface area (Å²) in [4.78, 5) is 16.0. The summed E-state index contributed by atoms with van der Waals surface area (Å²) < 4.78 is 0. The molecule has 0 bridgehead atoms. The lowest BCUT2D eigenvalue weighted by atomic mass is 9.91. The number of thiophene rings is 1. The van der Waals surface area contributed by atoms with E-state index in [9.17, 15) is 4.79 Å². The van der Waals surface area contributed by atoms with Crippen molar-refractivity contribution in [1.29, 1.82) is 0 Å². The number of hydrogen-bond donors (Lipinski definition) is 2. The maximum Gasteiger partial charge on any atom is 0.264 e. The van der Waals surface area contributed by atoms with Crippen LogP contribution in [0.4, 0.5) is 0 Å². The average molecular weight is 292 g/mol. The minimum absolute atomic E-state index is 0.00638. The number of nitrogens with two attached hydrogens (primary N) is 1. The van der Waals surface area contributed by atoms with Crippen LogP contribution in [-0.2, 0) is 0 Å². The summed E-state index contributed by atoms with van der Waals surface area (Å²) >= 11 is 1.41. The highest BCUT2D eigenvalue weighted by molar-refractivity contribution is 7.14. The third kappa shape index (κ3) is 3.21. The number of aryl methyl sites for hydroxylation is 1. The number of carbonyl (C=O) groups is 1. The molecule has 1 fully saturated rings. The molecule has 0 saturated heterocycles. The zero-order valence-electron chi connectivity index (χ0n) is 11.7. The number of aliphatic hydroxyl groups excluding tert-OH is 1. The first-order valence-corrected chi connectivity index (χ1v) is 7.70. The second-order valence-electron chi connectivity index (χ2n) is 4.94. The van der Waals surface area contributed by atoms with Crippen LogP contribution in [0.1, 0.15) is 39.4 Å². The number of aliphatic hydroxyl groups is 1. The van der Waals surface area contributed by atoms with E-state index in [1.165, 1.54) is 11.3 Å². The van der Waals surface area contributed by atoms with Crippen LogP contribution >= 0.6 is 11.3 Å². The molecule has 0 aromatic carbocycles. The summed E-state index contributed by atoms with van der Waals surface area (Å²) in [7, 11) is 0. The smallest absolute Gasteiger partial charge is 0.264 e. The molecule has 1 saturated carbocycles. The molecule has 1 heterocycles. The Morgan fingerprint density at radius 2 is 2.35 bits per heavy atom. The zero-order chi connectivity index (χ0) is 14.5. The highest BCUT2D eigenvalue weighted by Gasteiger charge is 2.29. The van der Waals surface area contributed by atoms with Crippen molar-refractivity contribution < 1.29 is 9.90 Å². The second-order valence-corrected chi connectivity index (χ2v) is 5.99. The van der Waals surface area contributed by atoms with Gasteiger partial charge in [0, 0.05) is 12.6 Å². The van der Waals surface area contributed by atoms with E-state index >= 15 is 0 Å². The van der Waals surface area contributed by atoms with Gasteiger partial charge in [-0.05, 0) is 37.8 Å². The van der Waals surface area contributed by atoms with Crippen molar-refractivity contribution in [1.82, 2.24) is 4.90 Å². The van der Waals surface area contributed by atoms with Gasteiger partial charge in [0.15, 0.2) is 0 Å². The molecule has 1 aliphatic rings. The van der Waals surface area contributed by atoms with Crippen LogP contribution in [0, 0.1) is 18.8 Å². The van der Waals surface area contributed by atoms with E-state index in [0.717, 1.165) is 29.7 Å². The van der Waals surface area contributed by atoms with Gasteiger partial charge in [-0.3, -0.25) is 4.79 Å². The molecule has 1 amide bonds. The molecule has 0 spiro atoms. The number of nitrogens with zero attached hydrogens (tertiary/aromatic N) is 1. The zero-order valence-corrected chi connectivity index (χ0v) is 12.5. The Bertz CT molecular complexity index is 538. The fourth-order valence-corrected chi connectivity index (χ4v) is 3.24. The second kappa shape index (κ2) is 6.89.